The quantitative estimate of drug-likeness (QED) is 0.592. The Bertz CT molecular complexity index is 512. The summed E-state index contributed by atoms with van der Waals surface area (Å²) < 4.78 is 0. The normalized spacial score (nSPS) is 18.1. The van der Waals surface area contributed by atoms with Gasteiger partial charge in [-0.2, -0.15) is 0 Å². The molecule has 1 fully saturated rings. The van der Waals surface area contributed by atoms with E-state index in [1.807, 2.05) is 13.0 Å². The van der Waals surface area contributed by atoms with Gasteiger partial charge in [0.15, 0.2) is 0 Å². The minimum Gasteiger partial charge on any atom is -0.394 e. The second-order valence-corrected chi connectivity index (χ2v) is 5.45. The molecule has 1 saturated carbocycles. The fraction of sp³-hybridized carbons (Fsp3) is 0.467. The van der Waals surface area contributed by atoms with E-state index >= 15 is 0 Å². The molecular formula is C15H20N2O3. The molecule has 1 aromatic rings. The number of hydrogen-bond acceptors (Lipinski definition) is 4. The first-order valence-corrected chi connectivity index (χ1v) is 6.82. The lowest BCUT2D eigenvalue weighted by Crippen LogP contribution is -2.47. The maximum atomic E-state index is 10.9. The van der Waals surface area contributed by atoms with Gasteiger partial charge in [0.2, 0.25) is 0 Å². The van der Waals surface area contributed by atoms with E-state index in [-0.39, 0.29) is 22.8 Å². The van der Waals surface area contributed by atoms with Crippen LogP contribution in [0.25, 0.3) is 6.08 Å². The van der Waals surface area contributed by atoms with Gasteiger partial charge in [-0.1, -0.05) is 24.3 Å². The molecule has 1 aliphatic rings. The smallest absolute Gasteiger partial charge is 0.276 e. The Morgan fingerprint density at radius 2 is 2.20 bits per heavy atom. The van der Waals surface area contributed by atoms with Crippen LogP contribution in [0.2, 0.25) is 0 Å². The molecule has 1 aliphatic carbocycles. The summed E-state index contributed by atoms with van der Waals surface area (Å²) in [6.07, 6.45) is 5.91. The summed E-state index contributed by atoms with van der Waals surface area (Å²) in [6, 6.07) is 6.65. The third-order valence-electron chi connectivity index (χ3n) is 3.86. The topological polar surface area (TPSA) is 75.4 Å². The largest absolute Gasteiger partial charge is 0.394 e. The van der Waals surface area contributed by atoms with Gasteiger partial charge in [0.05, 0.1) is 17.1 Å². The molecule has 20 heavy (non-hydrogen) atoms. The number of aliphatic hydroxyl groups is 1. The third-order valence-corrected chi connectivity index (χ3v) is 3.86. The number of nitrogens with one attached hydrogen (secondary N) is 1. The lowest BCUT2D eigenvalue weighted by molar-refractivity contribution is -0.385. The highest BCUT2D eigenvalue weighted by Crippen LogP contribution is 2.39. The number of nitrogens with zero attached hydrogens (tertiary/aromatic N) is 1. The highest BCUT2D eigenvalue weighted by molar-refractivity contribution is 5.60. The first kappa shape index (κ1) is 14.7. The number of aliphatic hydroxyl groups excluding tert-OH is 1. The molecule has 0 heterocycles. The summed E-state index contributed by atoms with van der Waals surface area (Å²) in [5.74, 6) is 0.534. The van der Waals surface area contributed by atoms with Crippen LogP contribution in [0.3, 0.4) is 0 Å². The highest BCUT2D eigenvalue weighted by Gasteiger charge is 2.40. The average molecular weight is 276 g/mol. The minimum atomic E-state index is -0.380. The van der Waals surface area contributed by atoms with E-state index in [2.05, 4.69) is 5.32 Å². The van der Waals surface area contributed by atoms with Crippen molar-refractivity contribution in [2.45, 2.75) is 25.3 Å². The Hall–Kier alpha value is -1.72. The van der Waals surface area contributed by atoms with Crippen LogP contribution in [0.5, 0.6) is 0 Å². The highest BCUT2D eigenvalue weighted by atomic mass is 16.6. The Labute approximate surface area is 118 Å². The van der Waals surface area contributed by atoms with Crippen molar-refractivity contribution in [1.29, 1.82) is 0 Å². The van der Waals surface area contributed by atoms with E-state index in [4.69, 9.17) is 0 Å². The van der Waals surface area contributed by atoms with E-state index in [9.17, 15) is 15.2 Å². The standard InChI is InChI=1S/C15H20N2O3/c1-15(11-18,13-8-9-13)16-10-4-6-12-5-2-3-7-14(12)17(19)20/h2-7,13,16,18H,8-11H2,1H3/b6-4+. The van der Waals surface area contributed by atoms with Crippen LogP contribution >= 0.6 is 0 Å². The van der Waals surface area contributed by atoms with Gasteiger partial charge in [-0.05, 0) is 31.7 Å². The minimum absolute atomic E-state index is 0.107. The molecule has 5 heteroatoms. The van der Waals surface area contributed by atoms with Crippen LogP contribution in [0, 0.1) is 16.0 Å². The van der Waals surface area contributed by atoms with Gasteiger partial charge < -0.3 is 10.4 Å². The second-order valence-electron chi connectivity index (χ2n) is 5.45. The SMILES string of the molecule is CC(CO)(NC/C=C/c1ccccc1[N+](=O)[O-])C1CC1. The fourth-order valence-corrected chi connectivity index (χ4v) is 2.32. The summed E-state index contributed by atoms with van der Waals surface area (Å²) in [5.41, 5.74) is 0.458. The van der Waals surface area contributed by atoms with Gasteiger partial charge in [-0.25, -0.2) is 0 Å². The summed E-state index contributed by atoms with van der Waals surface area (Å²) in [6.45, 7) is 2.71. The first-order valence-electron chi connectivity index (χ1n) is 6.82. The number of para-hydroxylation sites is 1. The summed E-state index contributed by atoms with van der Waals surface area (Å²) >= 11 is 0. The zero-order valence-electron chi connectivity index (χ0n) is 11.6. The van der Waals surface area contributed by atoms with Crippen molar-refractivity contribution in [3.05, 3.63) is 46.0 Å². The fourth-order valence-electron chi connectivity index (χ4n) is 2.32. The molecule has 0 spiro atoms. The predicted molar refractivity (Wildman–Crippen MR) is 78.3 cm³/mol. The van der Waals surface area contributed by atoms with Crippen molar-refractivity contribution >= 4 is 11.8 Å². The molecule has 108 valence electrons. The number of nitro groups is 1. The van der Waals surface area contributed by atoms with Crippen LogP contribution in [-0.2, 0) is 0 Å². The van der Waals surface area contributed by atoms with Crippen LogP contribution < -0.4 is 5.32 Å². The van der Waals surface area contributed by atoms with Crippen LogP contribution in [0.4, 0.5) is 5.69 Å². The Morgan fingerprint density at radius 1 is 1.50 bits per heavy atom. The van der Waals surface area contributed by atoms with Gasteiger partial charge in [0, 0.05) is 18.2 Å². The van der Waals surface area contributed by atoms with Crippen molar-refractivity contribution in [3.8, 4) is 0 Å². The van der Waals surface area contributed by atoms with Crippen molar-refractivity contribution < 1.29 is 10.0 Å². The van der Waals surface area contributed by atoms with Gasteiger partial charge in [0.25, 0.3) is 5.69 Å². The molecule has 0 bridgehead atoms. The molecule has 0 saturated heterocycles. The monoisotopic (exact) mass is 276 g/mol. The predicted octanol–water partition coefficient (Wildman–Crippen LogP) is 2.36. The molecule has 0 aromatic heterocycles. The average Bonchev–Trinajstić information content (AvgIpc) is 3.28. The van der Waals surface area contributed by atoms with Crippen molar-refractivity contribution in [2.24, 2.45) is 5.92 Å². The zero-order chi connectivity index (χ0) is 14.6. The summed E-state index contributed by atoms with van der Waals surface area (Å²) in [7, 11) is 0. The molecule has 1 aromatic carbocycles. The maximum Gasteiger partial charge on any atom is 0.276 e. The first-order chi connectivity index (χ1) is 9.57. The molecule has 0 radical (unpaired) electrons. The lowest BCUT2D eigenvalue weighted by atomic mass is 9.97. The number of nitro benzene ring substituents is 1. The van der Waals surface area contributed by atoms with E-state index in [0.717, 1.165) is 12.8 Å². The van der Waals surface area contributed by atoms with E-state index < -0.39 is 0 Å². The lowest BCUT2D eigenvalue weighted by Gasteiger charge is -2.28. The molecule has 5 nitrogen and oxygen atoms in total. The molecule has 2 N–H and O–H groups in total. The Kier molecular flexibility index (Phi) is 4.52. The number of rotatable bonds is 7. The molecule has 0 aliphatic heterocycles. The van der Waals surface area contributed by atoms with Crippen LogP contribution in [0.1, 0.15) is 25.3 Å². The van der Waals surface area contributed by atoms with Crippen molar-refractivity contribution in [1.82, 2.24) is 5.32 Å². The van der Waals surface area contributed by atoms with E-state index in [0.29, 0.717) is 18.0 Å². The molecular weight excluding hydrogens is 256 g/mol. The molecule has 1 unspecified atom stereocenters. The Balaban J connectivity index is 1.95. The third kappa shape index (κ3) is 3.43. The maximum absolute atomic E-state index is 10.9. The van der Waals surface area contributed by atoms with Gasteiger partial charge in [-0.3, -0.25) is 10.1 Å². The van der Waals surface area contributed by atoms with Crippen molar-refractivity contribution in [2.75, 3.05) is 13.2 Å². The summed E-state index contributed by atoms with van der Waals surface area (Å²) in [5, 5.41) is 23.7. The summed E-state index contributed by atoms with van der Waals surface area (Å²) in [4.78, 5) is 10.5. The van der Waals surface area contributed by atoms with E-state index in [1.54, 1.807) is 24.3 Å². The van der Waals surface area contributed by atoms with Gasteiger partial charge in [0.1, 0.15) is 0 Å². The van der Waals surface area contributed by atoms with Crippen molar-refractivity contribution in [3.63, 3.8) is 0 Å². The van der Waals surface area contributed by atoms with E-state index in [1.165, 1.54) is 6.07 Å². The number of benzene rings is 1. The number of hydrogen-bond donors (Lipinski definition) is 2. The van der Waals surface area contributed by atoms with Gasteiger partial charge in [-0.15, -0.1) is 0 Å². The molecule has 2 rings (SSSR count). The molecule has 1 atom stereocenters. The second kappa shape index (κ2) is 6.15. The van der Waals surface area contributed by atoms with Gasteiger partial charge >= 0.3 is 0 Å². The molecule has 0 amide bonds. The zero-order valence-corrected chi connectivity index (χ0v) is 11.6. The van der Waals surface area contributed by atoms with Crippen LogP contribution in [0.15, 0.2) is 30.3 Å². The van der Waals surface area contributed by atoms with Crippen LogP contribution in [-0.4, -0.2) is 28.7 Å². The Morgan fingerprint density at radius 3 is 2.80 bits per heavy atom.